The van der Waals surface area contributed by atoms with Gasteiger partial charge in [-0.05, 0) is 25.6 Å². The zero-order valence-electron chi connectivity index (χ0n) is 13.5. The van der Waals surface area contributed by atoms with Gasteiger partial charge in [0.25, 0.3) is 0 Å². The van der Waals surface area contributed by atoms with Crippen molar-refractivity contribution in [1.82, 2.24) is 15.1 Å². The Bertz CT molecular complexity index is 651. The van der Waals surface area contributed by atoms with Crippen LogP contribution >= 0.6 is 0 Å². The number of benzene rings is 1. The number of hydrogen-bond acceptors (Lipinski definition) is 4. The van der Waals surface area contributed by atoms with Crippen molar-refractivity contribution < 1.29 is 9.47 Å². The molecule has 118 valence electrons. The summed E-state index contributed by atoms with van der Waals surface area (Å²) in [5.74, 6) is 1.54. The third kappa shape index (κ3) is 2.68. The second-order valence-corrected chi connectivity index (χ2v) is 5.70. The Morgan fingerprint density at radius 2 is 2.23 bits per heavy atom. The summed E-state index contributed by atoms with van der Waals surface area (Å²) in [4.78, 5) is 2.31. The zero-order chi connectivity index (χ0) is 15.5. The lowest BCUT2D eigenvalue weighted by Gasteiger charge is -2.23. The van der Waals surface area contributed by atoms with Crippen LogP contribution in [0.2, 0.25) is 0 Å². The van der Waals surface area contributed by atoms with Gasteiger partial charge >= 0.3 is 0 Å². The van der Waals surface area contributed by atoms with Gasteiger partial charge in [0.1, 0.15) is 5.69 Å². The summed E-state index contributed by atoms with van der Waals surface area (Å²) in [6, 6.07) is 5.97. The standard InChI is InChI=1S/C17H23N3O2/c1-4-10-22-17-12(6-5-7-15(17)21-3)16-13-11-20(2)9-8-14(13)18-19-16/h5-7H,4,8-11H2,1-3H3,(H,18,19). The Morgan fingerprint density at radius 1 is 1.36 bits per heavy atom. The number of likely N-dealkylation sites (N-methyl/N-ethyl adjacent to an activating group) is 1. The topological polar surface area (TPSA) is 50.4 Å². The highest BCUT2D eigenvalue weighted by molar-refractivity contribution is 5.74. The van der Waals surface area contributed by atoms with Gasteiger partial charge in [-0.15, -0.1) is 0 Å². The SMILES string of the molecule is CCCOc1c(OC)cccc1-c1n[nH]c2c1CN(C)CC2. The molecule has 0 amide bonds. The molecule has 0 fully saturated rings. The molecule has 5 nitrogen and oxygen atoms in total. The first-order valence-electron chi connectivity index (χ1n) is 7.79. The number of ether oxygens (including phenoxy) is 2. The van der Waals surface area contributed by atoms with Gasteiger partial charge in [0.2, 0.25) is 0 Å². The van der Waals surface area contributed by atoms with Crippen molar-refractivity contribution in [2.75, 3.05) is 27.3 Å². The molecule has 0 radical (unpaired) electrons. The van der Waals surface area contributed by atoms with Gasteiger partial charge in [-0.2, -0.15) is 5.10 Å². The number of methoxy groups -OCH3 is 1. The van der Waals surface area contributed by atoms with Gasteiger partial charge in [-0.3, -0.25) is 5.10 Å². The van der Waals surface area contributed by atoms with Crippen LogP contribution in [0, 0.1) is 0 Å². The van der Waals surface area contributed by atoms with E-state index in [2.05, 4.69) is 35.1 Å². The van der Waals surface area contributed by atoms with Crippen molar-refractivity contribution in [3.8, 4) is 22.8 Å². The maximum Gasteiger partial charge on any atom is 0.170 e. The first-order chi connectivity index (χ1) is 10.7. The Hall–Kier alpha value is -2.01. The summed E-state index contributed by atoms with van der Waals surface area (Å²) in [6.45, 7) is 4.73. The predicted octanol–water partition coefficient (Wildman–Crippen LogP) is 2.86. The average molecular weight is 301 g/mol. The number of para-hydroxylation sites is 1. The third-order valence-electron chi connectivity index (χ3n) is 4.03. The van der Waals surface area contributed by atoms with Crippen LogP contribution in [-0.2, 0) is 13.0 Å². The van der Waals surface area contributed by atoms with E-state index in [0.29, 0.717) is 6.61 Å². The molecule has 1 aliphatic heterocycles. The fraction of sp³-hybridized carbons (Fsp3) is 0.471. The molecule has 0 saturated carbocycles. The number of H-pyrrole nitrogens is 1. The summed E-state index contributed by atoms with van der Waals surface area (Å²) >= 11 is 0. The molecule has 1 N–H and O–H groups in total. The van der Waals surface area contributed by atoms with E-state index in [9.17, 15) is 0 Å². The average Bonchev–Trinajstić information content (AvgIpc) is 2.95. The van der Waals surface area contributed by atoms with Crippen LogP contribution in [0.15, 0.2) is 18.2 Å². The molecule has 0 spiro atoms. The van der Waals surface area contributed by atoms with Gasteiger partial charge < -0.3 is 14.4 Å². The molecule has 0 saturated heterocycles. The molecular formula is C17H23N3O2. The first kappa shape index (κ1) is 14.9. The molecule has 1 aromatic heterocycles. The Balaban J connectivity index is 2.06. The van der Waals surface area contributed by atoms with Crippen LogP contribution in [0.5, 0.6) is 11.5 Å². The monoisotopic (exact) mass is 301 g/mol. The second-order valence-electron chi connectivity index (χ2n) is 5.70. The summed E-state index contributed by atoms with van der Waals surface area (Å²) < 4.78 is 11.4. The van der Waals surface area contributed by atoms with E-state index in [-0.39, 0.29) is 0 Å². The highest BCUT2D eigenvalue weighted by Gasteiger charge is 2.23. The van der Waals surface area contributed by atoms with Crippen LogP contribution < -0.4 is 9.47 Å². The Morgan fingerprint density at radius 3 is 3.00 bits per heavy atom. The number of aromatic nitrogens is 2. The fourth-order valence-corrected chi connectivity index (χ4v) is 2.87. The minimum Gasteiger partial charge on any atom is -0.493 e. The molecule has 3 rings (SSSR count). The molecule has 2 aromatic rings. The van der Waals surface area contributed by atoms with Gasteiger partial charge in [0, 0.05) is 36.3 Å². The quantitative estimate of drug-likeness (QED) is 0.922. The van der Waals surface area contributed by atoms with E-state index in [1.807, 2.05) is 12.1 Å². The predicted molar refractivity (Wildman–Crippen MR) is 86.4 cm³/mol. The Labute approximate surface area is 131 Å². The smallest absolute Gasteiger partial charge is 0.170 e. The molecule has 0 unspecified atom stereocenters. The fourth-order valence-electron chi connectivity index (χ4n) is 2.87. The van der Waals surface area contributed by atoms with Gasteiger partial charge in [-0.1, -0.05) is 13.0 Å². The van der Waals surface area contributed by atoms with E-state index in [1.165, 1.54) is 11.3 Å². The molecule has 0 bridgehead atoms. The van der Waals surface area contributed by atoms with Gasteiger partial charge in [0.05, 0.1) is 13.7 Å². The maximum atomic E-state index is 5.96. The van der Waals surface area contributed by atoms with Crippen LogP contribution in [0.1, 0.15) is 24.6 Å². The lowest BCUT2D eigenvalue weighted by molar-refractivity contribution is 0.295. The largest absolute Gasteiger partial charge is 0.493 e. The van der Waals surface area contributed by atoms with Crippen LogP contribution in [0.3, 0.4) is 0 Å². The number of nitrogens with one attached hydrogen (secondary N) is 1. The van der Waals surface area contributed by atoms with Crippen LogP contribution in [0.4, 0.5) is 0 Å². The minimum atomic E-state index is 0.667. The number of rotatable bonds is 5. The minimum absolute atomic E-state index is 0.667. The highest BCUT2D eigenvalue weighted by Crippen LogP contribution is 2.40. The van der Waals surface area contributed by atoms with Gasteiger partial charge in [0.15, 0.2) is 11.5 Å². The number of fused-ring (bicyclic) bond motifs is 1. The third-order valence-corrected chi connectivity index (χ3v) is 4.03. The molecule has 1 aliphatic rings. The van der Waals surface area contributed by atoms with Crippen molar-refractivity contribution in [2.45, 2.75) is 26.3 Å². The van der Waals surface area contributed by atoms with Crippen LogP contribution in [-0.4, -0.2) is 42.4 Å². The first-order valence-corrected chi connectivity index (χ1v) is 7.79. The molecular weight excluding hydrogens is 278 g/mol. The van der Waals surface area contributed by atoms with Crippen molar-refractivity contribution in [2.24, 2.45) is 0 Å². The molecule has 1 aromatic carbocycles. The summed E-state index contributed by atoms with van der Waals surface area (Å²) in [6.07, 6.45) is 1.97. The lowest BCUT2D eigenvalue weighted by Crippen LogP contribution is -2.26. The van der Waals surface area contributed by atoms with Crippen molar-refractivity contribution >= 4 is 0 Å². The second kappa shape index (κ2) is 6.40. The maximum absolute atomic E-state index is 5.96. The van der Waals surface area contributed by atoms with Crippen molar-refractivity contribution in [1.29, 1.82) is 0 Å². The van der Waals surface area contributed by atoms with Crippen LogP contribution in [0.25, 0.3) is 11.3 Å². The van der Waals surface area contributed by atoms with E-state index >= 15 is 0 Å². The van der Waals surface area contributed by atoms with Gasteiger partial charge in [-0.25, -0.2) is 0 Å². The zero-order valence-corrected chi connectivity index (χ0v) is 13.5. The van der Waals surface area contributed by atoms with E-state index in [4.69, 9.17) is 9.47 Å². The summed E-state index contributed by atoms with van der Waals surface area (Å²) in [7, 11) is 3.81. The molecule has 0 atom stereocenters. The number of aromatic amines is 1. The Kier molecular flexibility index (Phi) is 4.34. The molecule has 5 heteroatoms. The molecule has 22 heavy (non-hydrogen) atoms. The highest BCUT2D eigenvalue weighted by atomic mass is 16.5. The van der Waals surface area contributed by atoms with Crippen molar-refractivity contribution in [3.05, 3.63) is 29.5 Å². The van der Waals surface area contributed by atoms with E-state index in [0.717, 1.165) is 48.7 Å². The molecule has 2 heterocycles. The van der Waals surface area contributed by atoms with E-state index in [1.54, 1.807) is 7.11 Å². The number of hydrogen-bond donors (Lipinski definition) is 1. The van der Waals surface area contributed by atoms with E-state index < -0.39 is 0 Å². The lowest BCUT2D eigenvalue weighted by atomic mass is 10.0. The summed E-state index contributed by atoms with van der Waals surface area (Å²) in [5, 5.41) is 7.75. The summed E-state index contributed by atoms with van der Waals surface area (Å²) in [5.41, 5.74) is 4.48. The van der Waals surface area contributed by atoms with Crippen molar-refractivity contribution in [3.63, 3.8) is 0 Å². The normalized spacial score (nSPS) is 14.7. The number of nitrogens with zero attached hydrogens (tertiary/aromatic N) is 2. The molecule has 0 aliphatic carbocycles.